The number of aliphatic hydroxyl groups excluding tert-OH is 1. The van der Waals surface area contributed by atoms with Crippen LogP contribution in [-0.4, -0.2) is 38.9 Å². The molecule has 0 bridgehead atoms. The number of para-hydroxylation sites is 2. The van der Waals surface area contributed by atoms with Crippen LogP contribution in [0.15, 0.2) is 72.4 Å². The largest absolute Gasteiger partial charge is 0.507 e. The predicted octanol–water partition coefficient (Wildman–Crippen LogP) is 3.90. The van der Waals surface area contributed by atoms with Crippen molar-refractivity contribution in [3.8, 4) is 5.75 Å². The van der Waals surface area contributed by atoms with Gasteiger partial charge in [0.1, 0.15) is 17.6 Å². The van der Waals surface area contributed by atoms with Crippen molar-refractivity contribution < 1.29 is 19.4 Å². The average molecular weight is 440 g/mol. The molecule has 3 heterocycles. The van der Waals surface area contributed by atoms with Crippen molar-refractivity contribution in [2.45, 2.75) is 13.0 Å². The van der Waals surface area contributed by atoms with Gasteiger partial charge in [-0.05, 0) is 43.3 Å². The van der Waals surface area contributed by atoms with Crippen molar-refractivity contribution in [2.75, 3.05) is 12.0 Å². The molecule has 0 radical (unpaired) electrons. The summed E-state index contributed by atoms with van der Waals surface area (Å²) in [5.41, 5.74) is 2.89. The Morgan fingerprint density at radius 3 is 2.61 bits per heavy atom. The Morgan fingerprint density at radius 1 is 1.09 bits per heavy atom. The fraction of sp³-hybridized carbons (Fsp3) is 0.120. The van der Waals surface area contributed by atoms with Gasteiger partial charge in [0.05, 0.1) is 35.0 Å². The second kappa shape index (κ2) is 7.90. The highest BCUT2D eigenvalue weighted by Gasteiger charge is 2.49. The number of benzene rings is 2. The van der Waals surface area contributed by atoms with E-state index in [2.05, 4.69) is 15.0 Å². The first kappa shape index (κ1) is 20.4. The van der Waals surface area contributed by atoms with Crippen molar-refractivity contribution in [3.05, 3.63) is 89.3 Å². The molecule has 0 aliphatic carbocycles. The summed E-state index contributed by atoms with van der Waals surface area (Å²) in [4.78, 5) is 39.8. The van der Waals surface area contributed by atoms with Gasteiger partial charge in [-0.25, -0.2) is 4.98 Å². The number of methoxy groups -OCH3 is 1. The zero-order valence-corrected chi connectivity index (χ0v) is 17.9. The van der Waals surface area contributed by atoms with Gasteiger partial charge in [-0.2, -0.15) is 0 Å². The minimum absolute atomic E-state index is 0.0805. The third-order valence-corrected chi connectivity index (χ3v) is 5.63. The number of carbonyl (C=O) groups is 2. The number of fused-ring (bicyclic) bond motifs is 1. The molecule has 1 fully saturated rings. The lowest BCUT2D eigenvalue weighted by atomic mass is 9.97. The highest BCUT2D eigenvalue weighted by molar-refractivity contribution is 6.51. The molecule has 1 amide bonds. The Kier molecular flexibility index (Phi) is 4.90. The van der Waals surface area contributed by atoms with Crippen LogP contribution in [0.3, 0.4) is 0 Å². The summed E-state index contributed by atoms with van der Waals surface area (Å²) in [7, 11) is 1.48. The summed E-state index contributed by atoms with van der Waals surface area (Å²) in [5, 5.41) is 11.3. The normalized spacial score (nSPS) is 17.6. The van der Waals surface area contributed by atoms with Gasteiger partial charge in [-0.3, -0.25) is 19.5 Å². The number of aliphatic hydroxyl groups is 1. The highest BCUT2D eigenvalue weighted by Crippen LogP contribution is 2.42. The molecule has 1 unspecified atom stereocenters. The molecule has 4 aromatic rings. The van der Waals surface area contributed by atoms with Crippen LogP contribution in [0.1, 0.15) is 22.9 Å². The van der Waals surface area contributed by atoms with Gasteiger partial charge in [-0.1, -0.05) is 29.8 Å². The van der Waals surface area contributed by atoms with Crippen LogP contribution >= 0.6 is 0 Å². The summed E-state index contributed by atoms with van der Waals surface area (Å²) in [6.07, 6.45) is 1.57. The highest BCUT2D eigenvalue weighted by atomic mass is 16.5. The minimum atomic E-state index is -0.975. The van der Waals surface area contributed by atoms with Gasteiger partial charge in [0.15, 0.2) is 0 Å². The maximum absolute atomic E-state index is 13.3. The van der Waals surface area contributed by atoms with Crippen LogP contribution in [0.2, 0.25) is 0 Å². The fourth-order valence-electron chi connectivity index (χ4n) is 4.07. The number of carbonyl (C=O) groups excluding carboxylic acids is 2. The van der Waals surface area contributed by atoms with E-state index in [-0.39, 0.29) is 17.3 Å². The second-order valence-electron chi connectivity index (χ2n) is 7.70. The molecule has 0 saturated carbocycles. The number of imidazole rings is 1. The van der Waals surface area contributed by atoms with Crippen LogP contribution in [0, 0.1) is 6.92 Å². The molecule has 0 spiro atoms. The van der Waals surface area contributed by atoms with Crippen molar-refractivity contribution in [1.82, 2.24) is 15.0 Å². The predicted molar refractivity (Wildman–Crippen MR) is 123 cm³/mol. The number of H-pyrrole nitrogens is 1. The number of anilines is 1. The standard InChI is InChI=1S/C25H20N4O4/c1-14-10-11-19(33-2)15(13-14)22(30)20-21(18-9-5-6-12-26-18)29(24(32)23(20)31)25-27-16-7-3-4-8-17(16)28-25/h3-13,21,30H,1-2H3,(H,27,28)/b22-20+. The Hall–Kier alpha value is -4.46. The number of aromatic nitrogens is 3. The zero-order chi connectivity index (χ0) is 23.1. The third-order valence-electron chi connectivity index (χ3n) is 5.63. The molecule has 1 aliphatic heterocycles. The van der Waals surface area contributed by atoms with Crippen LogP contribution in [0.4, 0.5) is 5.95 Å². The van der Waals surface area contributed by atoms with Crippen LogP contribution < -0.4 is 9.64 Å². The van der Waals surface area contributed by atoms with Gasteiger partial charge in [-0.15, -0.1) is 0 Å². The number of nitrogens with one attached hydrogen (secondary N) is 1. The fourth-order valence-corrected chi connectivity index (χ4v) is 4.07. The molecule has 8 heteroatoms. The van der Waals surface area contributed by atoms with Crippen molar-refractivity contribution in [3.63, 3.8) is 0 Å². The third kappa shape index (κ3) is 3.32. The molecule has 1 saturated heterocycles. The number of aromatic amines is 1. The molecule has 2 N–H and O–H groups in total. The second-order valence-corrected chi connectivity index (χ2v) is 7.70. The topological polar surface area (TPSA) is 108 Å². The van der Waals surface area contributed by atoms with E-state index in [9.17, 15) is 14.7 Å². The van der Waals surface area contributed by atoms with Gasteiger partial charge < -0.3 is 14.8 Å². The molecule has 1 aliphatic rings. The van der Waals surface area contributed by atoms with E-state index in [4.69, 9.17) is 4.74 Å². The van der Waals surface area contributed by atoms with Crippen LogP contribution in [-0.2, 0) is 9.59 Å². The summed E-state index contributed by atoms with van der Waals surface area (Å²) in [6.45, 7) is 1.86. The summed E-state index contributed by atoms with van der Waals surface area (Å²) in [6, 6.07) is 16.8. The molecule has 8 nitrogen and oxygen atoms in total. The number of Topliss-reactive ketones (excluding diaryl/α,β-unsaturated/α-hetero) is 1. The first-order valence-corrected chi connectivity index (χ1v) is 10.3. The lowest BCUT2D eigenvalue weighted by molar-refractivity contribution is -0.132. The van der Waals surface area contributed by atoms with Crippen LogP contribution in [0.5, 0.6) is 5.75 Å². The Labute approximate surface area is 189 Å². The van der Waals surface area contributed by atoms with Crippen molar-refractivity contribution in [1.29, 1.82) is 0 Å². The maximum atomic E-state index is 13.3. The average Bonchev–Trinajstić information content (AvgIpc) is 3.37. The minimum Gasteiger partial charge on any atom is -0.507 e. The van der Waals surface area contributed by atoms with Gasteiger partial charge in [0, 0.05) is 6.20 Å². The number of rotatable bonds is 4. The summed E-state index contributed by atoms with van der Waals surface area (Å²) < 4.78 is 5.40. The number of pyridine rings is 1. The SMILES string of the molecule is COc1ccc(C)cc1/C(O)=C1\C(=O)C(=O)N(c2nc3ccccc3[nH]2)C1c1ccccn1. The number of ketones is 1. The van der Waals surface area contributed by atoms with Crippen molar-refractivity contribution >= 4 is 34.4 Å². The Balaban J connectivity index is 1.76. The van der Waals surface area contributed by atoms with Crippen molar-refractivity contribution in [2.24, 2.45) is 0 Å². The zero-order valence-electron chi connectivity index (χ0n) is 17.9. The lowest BCUT2D eigenvalue weighted by Gasteiger charge is -2.22. The first-order chi connectivity index (χ1) is 16.0. The van der Waals surface area contributed by atoms with Crippen LogP contribution in [0.25, 0.3) is 16.8 Å². The number of ether oxygens (including phenoxy) is 1. The molecule has 1 atom stereocenters. The molecule has 33 heavy (non-hydrogen) atoms. The quantitative estimate of drug-likeness (QED) is 0.283. The monoisotopic (exact) mass is 440 g/mol. The van der Waals surface area contributed by atoms with E-state index in [1.165, 1.54) is 12.0 Å². The number of aryl methyl sites for hydroxylation is 1. The maximum Gasteiger partial charge on any atom is 0.302 e. The number of hydrogen-bond acceptors (Lipinski definition) is 6. The summed E-state index contributed by atoms with van der Waals surface area (Å²) >= 11 is 0. The Bertz CT molecular complexity index is 1390. The first-order valence-electron chi connectivity index (χ1n) is 10.3. The molecule has 5 rings (SSSR count). The molecule has 2 aromatic heterocycles. The molecular weight excluding hydrogens is 420 g/mol. The number of nitrogens with zero attached hydrogens (tertiary/aromatic N) is 3. The van der Waals surface area contributed by atoms with Gasteiger partial charge in [0.2, 0.25) is 5.95 Å². The van der Waals surface area contributed by atoms with E-state index in [1.54, 1.807) is 42.6 Å². The van der Waals surface area contributed by atoms with E-state index in [0.717, 1.165) is 11.1 Å². The van der Waals surface area contributed by atoms with E-state index in [1.807, 2.05) is 31.2 Å². The molecule has 2 aromatic carbocycles. The molecule has 164 valence electrons. The Morgan fingerprint density at radius 2 is 1.88 bits per heavy atom. The van der Waals surface area contributed by atoms with Gasteiger partial charge in [0.25, 0.3) is 5.78 Å². The number of hydrogen-bond donors (Lipinski definition) is 2. The molecular formula is C25H20N4O4. The van der Waals surface area contributed by atoms with E-state index >= 15 is 0 Å². The number of amides is 1. The summed E-state index contributed by atoms with van der Waals surface area (Å²) in [5.74, 6) is -1.38. The van der Waals surface area contributed by atoms with Gasteiger partial charge >= 0.3 is 5.91 Å². The lowest BCUT2D eigenvalue weighted by Crippen LogP contribution is -2.30. The smallest absolute Gasteiger partial charge is 0.302 e. The van der Waals surface area contributed by atoms with E-state index < -0.39 is 17.7 Å². The van der Waals surface area contributed by atoms with E-state index in [0.29, 0.717) is 22.5 Å².